The Morgan fingerprint density at radius 3 is 2.74 bits per heavy atom. The quantitative estimate of drug-likeness (QED) is 0.719. The highest BCUT2D eigenvalue weighted by Crippen LogP contribution is 2.27. The van der Waals surface area contributed by atoms with Gasteiger partial charge in [0.15, 0.2) is 18.2 Å². The van der Waals surface area contributed by atoms with Crippen LogP contribution in [0.2, 0.25) is 0 Å². The molecule has 0 aliphatic rings. The molecule has 3 rings (SSSR count). The van der Waals surface area contributed by atoms with Gasteiger partial charge in [0.05, 0.1) is 18.4 Å². The first-order valence-corrected chi connectivity index (χ1v) is 8.30. The van der Waals surface area contributed by atoms with Gasteiger partial charge in [-0.3, -0.25) is 4.79 Å². The highest BCUT2D eigenvalue weighted by Gasteiger charge is 2.20. The predicted octanol–water partition coefficient (Wildman–Crippen LogP) is 3.77. The number of rotatable bonds is 6. The summed E-state index contributed by atoms with van der Waals surface area (Å²) < 4.78 is 26.0. The molecule has 27 heavy (non-hydrogen) atoms. The Morgan fingerprint density at radius 1 is 1.30 bits per heavy atom. The van der Waals surface area contributed by atoms with Crippen LogP contribution in [0.1, 0.15) is 22.6 Å². The van der Waals surface area contributed by atoms with Crippen molar-refractivity contribution in [3.05, 3.63) is 71.1 Å². The number of amides is 1. The van der Waals surface area contributed by atoms with Gasteiger partial charge in [0, 0.05) is 5.69 Å². The maximum Gasteiger partial charge on any atom is 0.263 e. The van der Waals surface area contributed by atoms with Crippen LogP contribution >= 0.6 is 0 Å². The van der Waals surface area contributed by atoms with E-state index in [-0.39, 0.29) is 12.4 Å². The van der Waals surface area contributed by atoms with Crippen LogP contribution in [0.3, 0.4) is 0 Å². The monoisotopic (exact) mass is 367 g/mol. The molecule has 1 aromatic carbocycles. The van der Waals surface area contributed by atoms with Crippen molar-refractivity contribution >= 4 is 11.7 Å². The number of carbonyl (C=O) groups excluding carboxylic acids is 1. The maximum absolute atomic E-state index is 13.6. The fourth-order valence-electron chi connectivity index (χ4n) is 2.76. The molecule has 6 nitrogen and oxygen atoms in total. The minimum atomic E-state index is -0.545. The first-order chi connectivity index (χ1) is 13.0. The van der Waals surface area contributed by atoms with E-state index in [1.54, 1.807) is 23.0 Å². The molecule has 0 bridgehead atoms. The zero-order valence-corrected chi connectivity index (χ0v) is 15.0. The maximum atomic E-state index is 13.6. The van der Waals surface area contributed by atoms with Gasteiger partial charge in [-0.1, -0.05) is 12.1 Å². The Balaban J connectivity index is 1.80. The molecule has 0 aliphatic heterocycles. The molecular weight excluding hydrogens is 349 g/mol. The summed E-state index contributed by atoms with van der Waals surface area (Å²) in [6.45, 7) is 3.67. The van der Waals surface area contributed by atoms with E-state index in [0.29, 0.717) is 23.7 Å². The second-order valence-electron chi connectivity index (χ2n) is 5.98. The summed E-state index contributed by atoms with van der Waals surface area (Å²) in [5, 5.41) is 12.2. The number of hydrogen-bond acceptors (Lipinski definition) is 4. The minimum Gasteiger partial charge on any atom is -0.481 e. The average molecular weight is 367 g/mol. The molecule has 0 saturated heterocycles. The van der Waals surface area contributed by atoms with E-state index in [0.717, 1.165) is 11.3 Å². The normalized spacial score (nSPS) is 10.4. The van der Waals surface area contributed by atoms with Gasteiger partial charge in [0.2, 0.25) is 0 Å². The molecule has 0 fully saturated rings. The van der Waals surface area contributed by atoms with Crippen LogP contribution in [0.4, 0.5) is 10.2 Å². The number of furan rings is 1. The number of halogens is 1. The zero-order valence-electron chi connectivity index (χ0n) is 15.0. The zero-order chi connectivity index (χ0) is 19.4. The number of para-hydroxylation sites is 1. The Labute approximate surface area is 155 Å². The predicted molar refractivity (Wildman–Crippen MR) is 97.0 cm³/mol. The smallest absolute Gasteiger partial charge is 0.263 e. The first kappa shape index (κ1) is 18.3. The molecule has 0 spiro atoms. The lowest BCUT2D eigenvalue weighted by molar-refractivity contribution is -0.118. The van der Waals surface area contributed by atoms with E-state index in [1.165, 1.54) is 18.2 Å². The van der Waals surface area contributed by atoms with Gasteiger partial charge in [-0.15, -0.1) is 0 Å². The third-order valence-corrected chi connectivity index (χ3v) is 4.29. The fraction of sp³-hybridized carbons (Fsp3) is 0.200. The summed E-state index contributed by atoms with van der Waals surface area (Å²) >= 11 is 0. The highest BCUT2D eigenvalue weighted by atomic mass is 19.1. The van der Waals surface area contributed by atoms with Crippen molar-refractivity contribution in [3.63, 3.8) is 0 Å². The van der Waals surface area contributed by atoms with E-state index in [1.807, 2.05) is 19.9 Å². The number of anilines is 1. The van der Waals surface area contributed by atoms with Gasteiger partial charge >= 0.3 is 0 Å². The van der Waals surface area contributed by atoms with Crippen molar-refractivity contribution in [1.29, 1.82) is 5.26 Å². The van der Waals surface area contributed by atoms with Crippen LogP contribution in [0.25, 0.3) is 0 Å². The number of carbonyl (C=O) groups is 1. The molecule has 138 valence electrons. The SMILES string of the molecule is Cc1c(C#N)c(NC(=O)COc2ccccc2F)n(Cc2ccco2)c1C. The van der Waals surface area contributed by atoms with E-state index >= 15 is 0 Å². The van der Waals surface area contributed by atoms with Gasteiger partial charge in [0.1, 0.15) is 17.6 Å². The number of nitrogens with one attached hydrogen (secondary N) is 1. The Morgan fingerprint density at radius 2 is 2.07 bits per heavy atom. The molecule has 0 aliphatic carbocycles. The minimum absolute atomic E-state index is 0.00788. The van der Waals surface area contributed by atoms with Crippen LogP contribution < -0.4 is 10.1 Å². The Hall–Kier alpha value is -3.53. The molecule has 0 atom stereocenters. The molecule has 1 amide bonds. The van der Waals surface area contributed by atoms with E-state index in [9.17, 15) is 14.4 Å². The molecule has 0 unspecified atom stereocenters. The number of hydrogen-bond donors (Lipinski definition) is 1. The van der Waals surface area contributed by atoms with Gasteiger partial charge in [0.25, 0.3) is 5.91 Å². The summed E-state index contributed by atoms with van der Waals surface area (Å²) in [6, 6.07) is 11.6. The first-order valence-electron chi connectivity index (χ1n) is 8.30. The van der Waals surface area contributed by atoms with Crippen LogP contribution in [0.5, 0.6) is 5.75 Å². The summed E-state index contributed by atoms with van der Waals surface area (Å²) in [5.74, 6) is 0.0112. The van der Waals surface area contributed by atoms with Crippen LogP contribution in [0.15, 0.2) is 47.1 Å². The summed E-state index contributed by atoms with van der Waals surface area (Å²) in [4.78, 5) is 12.3. The lowest BCUT2D eigenvalue weighted by Gasteiger charge is -2.12. The number of nitriles is 1. The second-order valence-corrected chi connectivity index (χ2v) is 5.98. The number of aromatic nitrogens is 1. The number of ether oxygens (including phenoxy) is 1. The standard InChI is InChI=1S/C20H18FN3O3/c1-13-14(2)24(11-15-6-5-9-26-15)20(16(13)10-22)23-19(25)12-27-18-8-4-3-7-17(18)21/h3-9H,11-12H2,1-2H3,(H,23,25). The van der Waals surface area contributed by atoms with Crippen molar-refractivity contribution < 1.29 is 18.3 Å². The topological polar surface area (TPSA) is 80.2 Å². The fourth-order valence-corrected chi connectivity index (χ4v) is 2.76. The largest absolute Gasteiger partial charge is 0.481 e. The van der Waals surface area contributed by atoms with Crippen molar-refractivity contribution in [2.45, 2.75) is 20.4 Å². The van der Waals surface area contributed by atoms with Crippen molar-refractivity contribution in [2.75, 3.05) is 11.9 Å². The molecule has 0 saturated carbocycles. The van der Waals surface area contributed by atoms with E-state index < -0.39 is 11.7 Å². The molecular formula is C20H18FN3O3. The van der Waals surface area contributed by atoms with Crippen LogP contribution in [-0.2, 0) is 11.3 Å². The van der Waals surface area contributed by atoms with Gasteiger partial charge in [-0.25, -0.2) is 4.39 Å². The van der Waals surface area contributed by atoms with E-state index in [2.05, 4.69) is 11.4 Å². The summed E-state index contributed by atoms with van der Waals surface area (Å²) in [5.41, 5.74) is 1.99. The molecule has 2 heterocycles. The van der Waals surface area contributed by atoms with Gasteiger partial charge < -0.3 is 19.0 Å². The highest BCUT2D eigenvalue weighted by molar-refractivity contribution is 5.93. The Kier molecular flexibility index (Phi) is 5.27. The lowest BCUT2D eigenvalue weighted by atomic mass is 10.2. The lowest BCUT2D eigenvalue weighted by Crippen LogP contribution is -2.23. The van der Waals surface area contributed by atoms with Crippen molar-refractivity contribution in [3.8, 4) is 11.8 Å². The molecule has 1 N–H and O–H groups in total. The molecule has 3 aromatic rings. The van der Waals surface area contributed by atoms with Crippen LogP contribution in [-0.4, -0.2) is 17.1 Å². The number of nitrogens with zero attached hydrogens (tertiary/aromatic N) is 2. The van der Waals surface area contributed by atoms with Crippen molar-refractivity contribution in [1.82, 2.24) is 4.57 Å². The summed E-state index contributed by atoms with van der Waals surface area (Å²) in [6.07, 6.45) is 1.56. The Bertz CT molecular complexity index is 1000. The van der Waals surface area contributed by atoms with E-state index in [4.69, 9.17) is 9.15 Å². The average Bonchev–Trinajstić information content (AvgIpc) is 3.24. The van der Waals surface area contributed by atoms with Crippen molar-refractivity contribution in [2.24, 2.45) is 0 Å². The van der Waals surface area contributed by atoms with Gasteiger partial charge in [-0.05, 0) is 43.7 Å². The van der Waals surface area contributed by atoms with Crippen LogP contribution in [0, 0.1) is 31.0 Å². The summed E-state index contributed by atoms with van der Waals surface area (Å²) in [7, 11) is 0. The third kappa shape index (κ3) is 3.85. The second kappa shape index (κ2) is 7.79. The number of benzene rings is 1. The molecule has 2 aromatic heterocycles. The third-order valence-electron chi connectivity index (χ3n) is 4.29. The molecule has 7 heteroatoms. The van der Waals surface area contributed by atoms with Gasteiger partial charge in [-0.2, -0.15) is 5.26 Å². The molecule has 0 radical (unpaired) electrons.